The van der Waals surface area contributed by atoms with E-state index in [9.17, 15) is 4.79 Å². The Hall–Kier alpha value is -3.02. The molecule has 2 heterocycles. The van der Waals surface area contributed by atoms with Crippen molar-refractivity contribution in [2.75, 3.05) is 20.2 Å². The van der Waals surface area contributed by atoms with E-state index in [0.29, 0.717) is 18.7 Å². The lowest BCUT2D eigenvalue weighted by molar-refractivity contribution is 0.0773. The van der Waals surface area contributed by atoms with E-state index in [0.717, 1.165) is 11.6 Å². The number of carbonyl (C=O) groups is 1. The number of hydrogen-bond donors (Lipinski definition) is 0. The second kappa shape index (κ2) is 7.04. The van der Waals surface area contributed by atoms with Gasteiger partial charge in [0.1, 0.15) is 23.7 Å². The number of ether oxygens (including phenoxy) is 1. The van der Waals surface area contributed by atoms with Gasteiger partial charge in [0.2, 0.25) is 0 Å². The van der Waals surface area contributed by atoms with Crippen molar-refractivity contribution in [1.82, 2.24) is 19.2 Å². The summed E-state index contributed by atoms with van der Waals surface area (Å²) in [5, 5.41) is 4.22. The molecule has 124 valence electrons. The van der Waals surface area contributed by atoms with E-state index < -0.39 is 0 Å². The molecule has 0 aliphatic rings. The third-order valence-electron chi connectivity index (χ3n) is 3.77. The molecule has 3 aromatic rings. The van der Waals surface area contributed by atoms with Crippen molar-refractivity contribution in [3.63, 3.8) is 0 Å². The number of aryl methyl sites for hydroxylation is 1. The monoisotopic (exact) mass is 324 g/mol. The summed E-state index contributed by atoms with van der Waals surface area (Å²) in [5.41, 5.74) is 0.566. The first-order valence-electron chi connectivity index (χ1n) is 7.75. The maximum atomic E-state index is 12.7. The zero-order valence-corrected chi connectivity index (χ0v) is 13.8. The van der Waals surface area contributed by atoms with Gasteiger partial charge in [-0.15, -0.1) is 0 Å². The number of carbonyl (C=O) groups excluding carboxylic acids is 1. The number of aromatic nitrogens is 3. The van der Waals surface area contributed by atoms with Gasteiger partial charge in [0.05, 0.1) is 12.7 Å². The van der Waals surface area contributed by atoms with Crippen molar-refractivity contribution in [1.29, 1.82) is 0 Å². The molecule has 1 aromatic carbocycles. The summed E-state index contributed by atoms with van der Waals surface area (Å²) >= 11 is 0. The van der Waals surface area contributed by atoms with E-state index in [1.54, 1.807) is 22.8 Å². The first kappa shape index (κ1) is 15.9. The zero-order chi connectivity index (χ0) is 16.9. The summed E-state index contributed by atoms with van der Waals surface area (Å²) in [6, 6.07) is 13.4. The number of amides is 1. The van der Waals surface area contributed by atoms with Crippen LogP contribution in [0.25, 0.3) is 5.82 Å². The molecule has 1 amide bonds. The van der Waals surface area contributed by atoms with Gasteiger partial charge in [-0.05, 0) is 24.3 Å². The largest absolute Gasteiger partial charge is 0.492 e. The van der Waals surface area contributed by atoms with Crippen LogP contribution in [0.5, 0.6) is 5.75 Å². The fraction of sp³-hybridized carbons (Fsp3) is 0.222. The highest BCUT2D eigenvalue weighted by Gasteiger charge is 2.20. The van der Waals surface area contributed by atoms with E-state index in [2.05, 4.69) is 5.10 Å². The van der Waals surface area contributed by atoms with Crippen molar-refractivity contribution in [2.24, 2.45) is 7.05 Å². The van der Waals surface area contributed by atoms with E-state index >= 15 is 0 Å². The van der Waals surface area contributed by atoms with E-state index in [-0.39, 0.29) is 5.91 Å². The van der Waals surface area contributed by atoms with Gasteiger partial charge >= 0.3 is 0 Å². The molecule has 0 radical (unpaired) electrons. The summed E-state index contributed by atoms with van der Waals surface area (Å²) in [7, 11) is 3.59. The van der Waals surface area contributed by atoms with Gasteiger partial charge in [-0.2, -0.15) is 5.10 Å². The Labute approximate surface area is 140 Å². The highest BCUT2D eigenvalue weighted by Crippen LogP contribution is 2.16. The SMILES string of the molecule is CN(CCOc1ccccc1)C(=O)c1cnn(C)c1-n1cccc1. The fourth-order valence-electron chi connectivity index (χ4n) is 2.49. The van der Waals surface area contributed by atoms with Crippen molar-refractivity contribution < 1.29 is 9.53 Å². The summed E-state index contributed by atoms with van der Waals surface area (Å²) in [6.45, 7) is 0.930. The number of nitrogens with zero attached hydrogens (tertiary/aromatic N) is 4. The second-order valence-corrected chi connectivity index (χ2v) is 5.48. The highest BCUT2D eigenvalue weighted by molar-refractivity contribution is 5.96. The van der Waals surface area contributed by atoms with Crippen LogP contribution in [0, 0.1) is 0 Å². The predicted octanol–water partition coefficient (Wildman–Crippen LogP) is 2.36. The normalized spacial score (nSPS) is 10.6. The number of benzene rings is 1. The quantitative estimate of drug-likeness (QED) is 0.699. The van der Waals surface area contributed by atoms with Gasteiger partial charge in [-0.25, -0.2) is 0 Å². The highest BCUT2D eigenvalue weighted by atomic mass is 16.5. The van der Waals surface area contributed by atoms with Crippen LogP contribution in [0.15, 0.2) is 61.1 Å². The Balaban J connectivity index is 1.66. The molecule has 0 aliphatic carbocycles. The summed E-state index contributed by atoms with van der Waals surface area (Å²) < 4.78 is 9.23. The van der Waals surface area contributed by atoms with Gasteiger partial charge < -0.3 is 14.2 Å². The Morgan fingerprint density at radius 2 is 1.88 bits per heavy atom. The van der Waals surface area contributed by atoms with E-state index in [4.69, 9.17) is 4.74 Å². The molecule has 3 rings (SSSR count). The van der Waals surface area contributed by atoms with Crippen LogP contribution in [0.4, 0.5) is 0 Å². The van der Waals surface area contributed by atoms with Crippen LogP contribution in [0.3, 0.4) is 0 Å². The lowest BCUT2D eigenvalue weighted by Crippen LogP contribution is -2.31. The Bertz CT molecular complexity index is 794. The van der Waals surface area contributed by atoms with Crippen LogP contribution in [-0.2, 0) is 7.05 Å². The fourth-order valence-corrected chi connectivity index (χ4v) is 2.49. The van der Waals surface area contributed by atoms with Crippen molar-refractivity contribution in [2.45, 2.75) is 0 Å². The Kier molecular flexibility index (Phi) is 4.65. The molecule has 24 heavy (non-hydrogen) atoms. The molecule has 0 fully saturated rings. The lowest BCUT2D eigenvalue weighted by atomic mass is 10.3. The predicted molar refractivity (Wildman–Crippen MR) is 91.4 cm³/mol. The van der Waals surface area contributed by atoms with Gasteiger partial charge in [-0.3, -0.25) is 9.48 Å². The molecule has 0 saturated carbocycles. The van der Waals surface area contributed by atoms with Gasteiger partial charge in [0.25, 0.3) is 5.91 Å². The summed E-state index contributed by atoms with van der Waals surface area (Å²) in [4.78, 5) is 14.4. The van der Waals surface area contributed by atoms with Gasteiger partial charge in [0.15, 0.2) is 0 Å². The average molecular weight is 324 g/mol. The Morgan fingerprint density at radius 3 is 2.58 bits per heavy atom. The maximum Gasteiger partial charge on any atom is 0.259 e. The van der Waals surface area contributed by atoms with Crippen LogP contribution < -0.4 is 4.74 Å². The standard InChI is InChI=1S/C18H20N4O2/c1-20(12-13-24-15-8-4-3-5-9-15)18(23)16-14-19-21(2)17(16)22-10-6-7-11-22/h3-11,14H,12-13H2,1-2H3. The number of para-hydroxylation sites is 1. The third kappa shape index (κ3) is 3.32. The van der Waals surface area contributed by atoms with E-state index in [1.807, 2.05) is 66.5 Å². The molecule has 6 nitrogen and oxygen atoms in total. The molecule has 0 spiro atoms. The second-order valence-electron chi connectivity index (χ2n) is 5.48. The van der Waals surface area contributed by atoms with Crippen molar-refractivity contribution in [3.8, 4) is 11.6 Å². The molecule has 0 aliphatic heterocycles. The minimum Gasteiger partial charge on any atom is -0.492 e. The number of likely N-dealkylation sites (N-methyl/N-ethyl adjacent to an activating group) is 1. The van der Waals surface area contributed by atoms with Gasteiger partial charge in [0, 0.05) is 26.5 Å². The van der Waals surface area contributed by atoms with Crippen LogP contribution in [0.2, 0.25) is 0 Å². The smallest absolute Gasteiger partial charge is 0.259 e. The van der Waals surface area contributed by atoms with Crippen molar-refractivity contribution >= 4 is 5.91 Å². The molecule has 0 N–H and O–H groups in total. The Morgan fingerprint density at radius 1 is 1.17 bits per heavy atom. The molecular formula is C18H20N4O2. The third-order valence-corrected chi connectivity index (χ3v) is 3.77. The van der Waals surface area contributed by atoms with Crippen LogP contribution >= 0.6 is 0 Å². The molecule has 0 atom stereocenters. The molecular weight excluding hydrogens is 304 g/mol. The molecule has 0 saturated heterocycles. The van der Waals surface area contributed by atoms with Crippen LogP contribution in [-0.4, -0.2) is 45.4 Å². The zero-order valence-electron chi connectivity index (χ0n) is 13.8. The molecule has 0 bridgehead atoms. The molecule has 2 aromatic heterocycles. The topological polar surface area (TPSA) is 52.3 Å². The van der Waals surface area contributed by atoms with Gasteiger partial charge in [-0.1, -0.05) is 18.2 Å². The minimum absolute atomic E-state index is 0.0801. The number of hydrogen-bond acceptors (Lipinski definition) is 3. The lowest BCUT2D eigenvalue weighted by Gasteiger charge is -2.18. The van der Waals surface area contributed by atoms with Crippen LogP contribution in [0.1, 0.15) is 10.4 Å². The van der Waals surface area contributed by atoms with E-state index in [1.165, 1.54) is 0 Å². The maximum absolute atomic E-state index is 12.7. The molecule has 6 heteroatoms. The summed E-state index contributed by atoms with van der Waals surface area (Å²) in [6.07, 6.45) is 5.39. The molecule has 0 unspecified atom stereocenters. The average Bonchev–Trinajstić information content (AvgIpc) is 3.24. The summed E-state index contributed by atoms with van der Waals surface area (Å²) in [5.74, 6) is 1.47. The first-order valence-corrected chi connectivity index (χ1v) is 7.75. The number of rotatable bonds is 6. The minimum atomic E-state index is -0.0801. The van der Waals surface area contributed by atoms with Crippen molar-refractivity contribution in [3.05, 3.63) is 66.6 Å². The first-order chi connectivity index (χ1) is 11.7.